The van der Waals surface area contributed by atoms with Gasteiger partial charge in [-0.2, -0.15) is 0 Å². The lowest BCUT2D eigenvalue weighted by molar-refractivity contribution is 0.0511. The molecule has 30 heavy (non-hydrogen) atoms. The fourth-order valence-corrected chi connectivity index (χ4v) is 3.86. The van der Waals surface area contributed by atoms with Crippen LogP contribution in [0.5, 0.6) is 11.5 Å². The van der Waals surface area contributed by atoms with Gasteiger partial charge in [0, 0.05) is 30.3 Å². The third kappa shape index (κ3) is 4.69. The zero-order valence-electron chi connectivity index (χ0n) is 17.9. The molecule has 2 N–H and O–H groups in total. The van der Waals surface area contributed by atoms with Gasteiger partial charge in [-0.05, 0) is 45.2 Å². The zero-order chi connectivity index (χ0) is 21.7. The van der Waals surface area contributed by atoms with E-state index in [-0.39, 0.29) is 18.0 Å². The average molecular weight is 415 g/mol. The van der Waals surface area contributed by atoms with Crippen LogP contribution < -0.4 is 20.1 Å². The maximum absolute atomic E-state index is 13.5. The number of rotatable bonds is 6. The van der Waals surface area contributed by atoms with Gasteiger partial charge in [-0.3, -0.25) is 4.79 Å². The molecule has 0 bridgehead atoms. The monoisotopic (exact) mass is 415 g/mol. The fraction of sp³-hybridized carbons (Fsp3) is 0.455. The molecule has 1 aliphatic rings. The molecule has 2 aromatic rings. The Morgan fingerprint density at radius 3 is 2.40 bits per heavy atom. The Morgan fingerprint density at radius 2 is 1.80 bits per heavy atom. The number of methoxy groups -OCH3 is 2. The summed E-state index contributed by atoms with van der Waals surface area (Å²) < 4.78 is 15.8. The van der Waals surface area contributed by atoms with E-state index in [1.807, 2.05) is 4.90 Å². The lowest BCUT2D eigenvalue weighted by atomic mass is 9.96. The quantitative estimate of drug-likeness (QED) is 0.743. The molecule has 1 fully saturated rings. The number of urea groups is 1. The van der Waals surface area contributed by atoms with E-state index < -0.39 is 6.03 Å². The first-order chi connectivity index (χ1) is 14.4. The van der Waals surface area contributed by atoms with Crippen LogP contribution in [-0.2, 0) is 6.54 Å². The van der Waals surface area contributed by atoms with Crippen LogP contribution in [0.2, 0.25) is 0 Å². The highest BCUT2D eigenvalue weighted by Gasteiger charge is 2.32. The first-order valence-corrected chi connectivity index (χ1v) is 10.1. The predicted octanol–water partition coefficient (Wildman–Crippen LogP) is 4.02. The summed E-state index contributed by atoms with van der Waals surface area (Å²) in [7, 11) is 3.03. The third-order valence-corrected chi connectivity index (χ3v) is 5.46. The molecule has 1 aromatic heterocycles. The molecule has 3 amide bonds. The second kappa shape index (κ2) is 9.56. The lowest BCUT2D eigenvalue weighted by Crippen LogP contribution is -2.47. The van der Waals surface area contributed by atoms with Gasteiger partial charge in [-0.15, -0.1) is 0 Å². The first kappa shape index (κ1) is 21.5. The van der Waals surface area contributed by atoms with Crippen LogP contribution in [0.15, 0.2) is 35.1 Å². The lowest BCUT2D eigenvalue weighted by Gasteiger charge is -2.39. The van der Waals surface area contributed by atoms with Crippen molar-refractivity contribution in [1.29, 1.82) is 0 Å². The molecule has 3 rings (SSSR count). The molecule has 1 aliphatic heterocycles. The van der Waals surface area contributed by atoms with Gasteiger partial charge >= 0.3 is 6.03 Å². The highest BCUT2D eigenvalue weighted by molar-refractivity contribution is 6.04. The topological polar surface area (TPSA) is 93.0 Å². The van der Waals surface area contributed by atoms with Gasteiger partial charge in [0.2, 0.25) is 0 Å². The maximum atomic E-state index is 13.5. The normalized spacial score (nSPS) is 18.6. The minimum absolute atomic E-state index is 0.122. The number of benzene rings is 1. The molecule has 0 aliphatic carbocycles. The fourth-order valence-electron chi connectivity index (χ4n) is 3.86. The van der Waals surface area contributed by atoms with Gasteiger partial charge in [-0.1, -0.05) is 0 Å². The number of nitrogens with zero attached hydrogens (tertiary/aromatic N) is 1. The van der Waals surface area contributed by atoms with Gasteiger partial charge in [-0.25, -0.2) is 4.79 Å². The van der Waals surface area contributed by atoms with Crippen molar-refractivity contribution < 1.29 is 23.5 Å². The summed E-state index contributed by atoms with van der Waals surface area (Å²) in [4.78, 5) is 27.9. The molecule has 2 atom stereocenters. The van der Waals surface area contributed by atoms with Crippen LogP contribution in [0, 0.1) is 0 Å². The first-order valence-electron chi connectivity index (χ1n) is 10.1. The standard InChI is InChI=1S/C22H29N3O5/c1-14-6-5-7-15(2)25(14)21(26)17-10-19(28-3)20(29-4)11-18(17)24-22(27)23-12-16-8-9-30-13-16/h8-11,13-15H,5-7,12H2,1-4H3,(H2,23,24,27)/t14-,15-/m0/s1. The average Bonchev–Trinajstić information content (AvgIpc) is 3.25. The van der Waals surface area contributed by atoms with E-state index in [0.29, 0.717) is 29.3 Å². The Kier molecular flexibility index (Phi) is 6.87. The molecule has 0 saturated carbocycles. The minimum atomic E-state index is -0.433. The molecule has 0 spiro atoms. The van der Waals surface area contributed by atoms with E-state index >= 15 is 0 Å². The van der Waals surface area contributed by atoms with E-state index in [1.165, 1.54) is 14.2 Å². The molecular formula is C22H29N3O5. The Hall–Kier alpha value is -3.16. The largest absolute Gasteiger partial charge is 0.493 e. The number of hydrogen-bond acceptors (Lipinski definition) is 5. The summed E-state index contributed by atoms with van der Waals surface area (Å²) in [6.45, 7) is 4.41. The van der Waals surface area contributed by atoms with Gasteiger partial charge in [0.05, 0.1) is 38.0 Å². The smallest absolute Gasteiger partial charge is 0.319 e. The second-order valence-corrected chi connectivity index (χ2v) is 7.53. The number of furan rings is 1. The summed E-state index contributed by atoms with van der Waals surface area (Å²) >= 11 is 0. The number of piperidine rings is 1. The van der Waals surface area contributed by atoms with E-state index in [4.69, 9.17) is 13.9 Å². The van der Waals surface area contributed by atoms with Crippen LogP contribution in [0.4, 0.5) is 10.5 Å². The zero-order valence-corrected chi connectivity index (χ0v) is 17.9. The molecule has 0 radical (unpaired) electrons. The molecule has 8 heteroatoms. The van der Waals surface area contributed by atoms with Crippen LogP contribution in [0.25, 0.3) is 0 Å². The van der Waals surface area contributed by atoms with Crippen LogP contribution in [0.3, 0.4) is 0 Å². The molecule has 0 unspecified atom stereocenters. The minimum Gasteiger partial charge on any atom is -0.493 e. The highest BCUT2D eigenvalue weighted by atomic mass is 16.5. The van der Waals surface area contributed by atoms with Crippen molar-refractivity contribution in [3.8, 4) is 11.5 Å². The highest BCUT2D eigenvalue weighted by Crippen LogP contribution is 2.35. The van der Waals surface area contributed by atoms with Crippen LogP contribution >= 0.6 is 0 Å². The third-order valence-electron chi connectivity index (χ3n) is 5.46. The number of anilines is 1. The number of carbonyl (C=O) groups excluding carboxylic acids is 2. The van der Waals surface area contributed by atoms with E-state index in [9.17, 15) is 9.59 Å². The van der Waals surface area contributed by atoms with Gasteiger partial charge in [0.25, 0.3) is 5.91 Å². The van der Waals surface area contributed by atoms with E-state index in [2.05, 4.69) is 24.5 Å². The van der Waals surface area contributed by atoms with Crippen molar-refractivity contribution in [1.82, 2.24) is 10.2 Å². The molecule has 162 valence electrons. The number of likely N-dealkylation sites (tertiary alicyclic amines) is 1. The summed E-state index contributed by atoms with van der Waals surface area (Å²) in [6, 6.07) is 4.82. The van der Waals surface area contributed by atoms with E-state index in [0.717, 1.165) is 24.8 Å². The molecular weight excluding hydrogens is 386 g/mol. The van der Waals surface area contributed by atoms with Crippen molar-refractivity contribution in [2.24, 2.45) is 0 Å². The van der Waals surface area contributed by atoms with Crippen LogP contribution in [-0.4, -0.2) is 43.1 Å². The molecule has 1 aromatic carbocycles. The van der Waals surface area contributed by atoms with Crippen molar-refractivity contribution >= 4 is 17.6 Å². The summed E-state index contributed by atoms with van der Waals surface area (Å²) in [5.74, 6) is 0.724. The molecule has 8 nitrogen and oxygen atoms in total. The number of amides is 3. The number of nitrogens with one attached hydrogen (secondary N) is 2. The number of ether oxygens (including phenoxy) is 2. The van der Waals surface area contributed by atoms with Gasteiger partial charge < -0.3 is 29.4 Å². The van der Waals surface area contributed by atoms with Crippen molar-refractivity contribution in [2.75, 3.05) is 19.5 Å². The van der Waals surface area contributed by atoms with Crippen molar-refractivity contribution in [2.45, 2.75) is 51.7 Å². The van der Waals surface area contributed by atoms with Crippen molar-refractivity contribution in [3.05, 3.63) is 41.9 Å². The number of carbonyl (C=O) groups is 2. The maximum Gasteiger partial charge on any atom is 0.319 e. The van der Waals surface area contributed by atoms with Crippen molar-refractivity contribution in [3.63, 3.8) is 0 Å². The van der Waals surface area contributed by atoms with Crippen LogP contribution in [0.1, 0.15) is 49.0 Å². The Labute approximate surface area is 176 Å². The Bertz CT molecular complexity index is 871. The molecule has 2 heterocycles. The predicted molar refractivity (Wildman–Crippen MR) is 113 cm³/mol. The number of hydrogen-bond donors (Lipinski definition) is 2. The SMILES string of the molecule is COc1cc(NC(=O)NCc2ccoc2)c(C(=O)N2[C@@H](C)CCC[C@@H]2C)cc1OC. The van der Waals surface area contributed by atoms with Gasteiger partial charge in [0.1, 0.15) is 0 Å². The molecule has 1 saturated heterocycles. The summed E-state index contributed by atoms with van der Waals surface area (Å²) in [5.41, 5.74) is 1.57. The summed E-state index contributed by atoms with van der Waals surface area (Å²) in [5, 5.41) is 5.54. The summed E-state index contributed by atoms with van der Waals surface area (Å²) in [6.07, 6.45) is 6.11. The Balaban J connectivity index is 1.88. The Morgan fingerprint density at radius 1 is 1.13 bits per heavy atom. The second-order valence-electron chi connectivity index (χ2n) is 7.53. The van der Waals surface area contributed by atoms with Gasteiger partial charge in [0.15, 0.2) is 11.5 Å². The van der Waals surface area contributed by atoms with E-state index in [1.54, 1.807) is 30.7 Å².